The maximum absolute atomic E-state index is 13.2. The van der Waals surface area contributed by atoms with Crippen LogP contribution in [0.3, 0.4) is 0 Å². The summed E-state index contributed by atoms with van der Waals surface area (Å²) in [5, 5.41) is 8.84. The first-order valence-corrected chi connectivity index (χ1v) is 6.26. The van der Waals surface area contributed by atoms with Crippen molar-refractivity contribution in [3.05, 3.63) is 28.5 Å². The van der Waals surface area contributed by atoms with Crippen LogP contribution in [0, 0.1) is 5.82 Å². The fraction of sp³-hybridized carbons (Fsp3) is 0.417. The molecule has 0 aliphatic heterocycles. The standard InChI is InChI=1S/C12H14BrFO4/c1-2-17-11(12(15)16)5-6-18-8-3-4-9(13)10(14)7-8/h3-4,7,11H,2,5-6H2,1H3,(H,15,16). The third kappa shape index (κ3) is 4.62. The van der Waals surface area contributed by atoms with Crippen molar-refractivity contribution in [2.24, 2.45) is 0 Å². The van der Waals surface area contributed by atoms with Crippen molar-refractivity contribution in [2.75, 3.05) is 13.2 Å². The first-order valence-electron chi connectivity index (χ1n) is 5.46. The average Bonchev–Trinajstić information content (AvgIpc) is 2.32. The molecule has 100 valence electrons. The van der Waals surface area contributed by atoms with E-state index in [0.717, 1.165) is 0 Å². The van der Waals surface area contributed by atoms with Crippen LogP contribution in [0.25, 0.3) is 0 Å². The van der Waals surface area contributed by atoms with Crippen LogP contribution < -0.4 is 4.74 Å². The number of carbonyl (C=O) groups is 1. The molecule has 0 radical (unpaired) electrons. The summed E-state index contributed by atoms with van der Waals surface area (Å²) in [6.07, 6.45) is -0.684. The van der Waals surface area contributed by atoms with Gasteiger partial charge in [-0.2, -0.15) is 0 Å². The SMILES string of the molecule is CCOC(CCOc1ccc(Br)c(F)c1)C(=O)O. The number of halogens is 2. The summed E-state index contributed by atoms with van der Waals surface area (Å²) in [6, 6.07) is 4.37. The second-order valence-corrected chi connectivity index (χ2v) is 4.35. The Morgan fingerprint density at radius 1 is 1.56 bits per heavy atom. The minimum Gasteiger partial charge on any atom is -0.493 e. The van der Waals surface area contributed by atoms with Crippen molar-refractivity contribution in [3.63, 3.8) is 0 Å². The predicted octanol–water partition coefficient (Wildman–Crippen LogP) is 2.85. The van der Waals surface area contributed by atoms with Crippen LogP contribution in [0.15, 0.2) is 22.7 Å². The van der Waals surface area contributed by atoms with Gasteiger partial charge in [-0.1, -0.05) is 0 Å². The predicted molar refractivity (Wildman–Crippen MR) is 67.3 cm³/mol. The Bertz CT molecular complexity index is 411. The maximum Gasteiger partial charge on any atom is 0.332 e. The van der Waals surface area contributed by atoms with Crippen molar-refractivity contribution >= 4 is 21.9 Å². The van der Waals surface area contributed by atoms with Gasteiger partial charge in [0.15, 0.2) is 6.10 Å². The van der Waals surface area contributed by atoms with Crippen molar-refractivity contribution < 1.29 is 23.8 Å². The first kappa shape index (κ1) is 14.9. The molecule has 6 heteroatoms. The van der Waals surface area contributed by atoms with Crippen LogP contribution in [0.1, 0.15) is 13.3 Å². The molecule has 0 spiro atoms. The zero-order valence-corrected chi connectivity index (χ0v) is 11.4. The van der Waals surface area contributed by atoms with Crippen LogP contribution in [0.4, 0.5) is 4.39 Å². The highest BCUT2D eigenvalue weighted by Gasteiger charge is 2.17. The average molecular weight is 321 g/mol. The molecule has 18 heavy (non-hydrogen) atoms. The molecule has 0 fully saturated rings. The molecule has 0 saturated heterocycles. The lowest BCUT2D eigenvalue weighted by Gasteiger charge is -2.13. The van der Waals surface area contributed by atoms with Crippen molar-refractivity contribution in [1.82, 2.24) is 0 Å². The van der Waals surface area contributed by atoms with Gasteiger partial charge in [-0.15, -0.1) is 0 Å². The third-order valence-electron chi connectivity index (χ3n) is 2.18. The number of carboxylic acids is 1. The molecule has 1 rings (SSSR count). The van der Waals surface area contributed by atoms with Gasteiger partial charge < -0.3 is 14.6 Å². The highest BCUT2D eigenvalue weighted by molar-refractivity contribution is 9.10. The molecule has 1 atom stereocenters. The Balaban J connectivity index is 2.44. The number of hydrogen-bond acceptors (Lipinski definition) is 3. The van der Waals surface area contributed by atoms with Gasteiger partial charge >= 0.3 is 5.97 Å². The van der Waals surface area contributed by atoms with E-state index in [9.17, 15) is 9.18 Å². The first-order chi connectivity index (χ1) is 8.54. The Morgan fingerprint density at radius 3 is 2.83 bits per heavy atom. The van der Waals surface area contributed by atoms with E-state index in [4.69, 9.17) is 14.6 Å². The molecule has 1 aromatic rings. The van der Waals surface area contributed by atoms with E-state index in [0.29, 0.717) is 16.8 Å². The van der Waals surface area contributed by atoms with Crippen molar-refractivity contribution in [3.8, 4) is 5.75 Å². The Labute approximate surface area is 113 Å². The second kappa shape index (κ2) is 7.33. The highest BCUT2D eigenvalue weighted by Crippen LogP contribution is 2.21. The zero-order valence-electron chi connectivity index (χ0n) is 9.86. The fourth-order valence-corrected chi connectivity index (χ4v) is 1.58. The fourth-order valence-electron chi connectivity index (χ4n) is 1.33. The Hall–Kier alpha value is -1.14. The largest absolute Gasteiger partial charge is 0.493 e. The van der Waals surface area contributed by atoms with Crippen LogP contribution in [-0.2, 0) is 9.53 Å². The minimum absolute atomic E-state index is 0.151. The molecule has 0 amide bonds. The number of carboxylic acid groups (broad SMARTS) is 1. The smallest absolute Gasteiger partial charge is 0.332 e. The van der Waals surface area contributed by atoms with Crippen LogP contribution in [0.2, 0.25) is 0 Å². The number of aliphatic carboxylic acids is 1. The highest BCUT2D eigenvalue weighted by atomic mass is 79.9. The summed E-state index contributed by atoms with van der Waals surface area (Å²) in [5.74, 6) is -1.09. The van der Waals surface area contributed by atoms with Gasteiger partial charge in [0.2, 0.25) is 0 Å². The monoisotopic (exact) mass is 320 g/mol. The van der Waals surface area contributed by atoms with E-state index >= 15 is 0 Å². The lowest BCUT2D eigenvalue weighted by molar-refractivity contribution is -0.150. The van der Waals surface area contributed by atoms with Gasteiger partial charge in [-0.05, 0) is 35.0 Å². The summed E-state index contributed by atoms with van der Waals surface area (Å²) < 4.78 is 23.8. The summed E-state index contributed by atoms with van der Waals surface area (Å²) in [4.78, 5) is 10.8. The number of rotatable bonds is 7. The van der Waals surface area contributed by atoms with Crippen LogP contribution in [0.5, 0.6) is 5.75 Å². The lowest BCUT2D eigenvalue weighted by Crippen LogP contribution is -2.26. The number of ether oxygens (including phenoxy) is 2. The van der Waals surface area contributed by atoms with E-state index in [1.54, 1.807) is 13.0 Å². The molecule has 1 unspecified atom stereocenters. The Morgan fingerprint density at radius 2 is 2.28 bits per heavy atom. The van der Waals surface area contributed by atoms with E-state index in [2.05, 4.69) is 15.9 Å². The maximum atomic E-state index is 13.2. The van der Waals surface area contributed by atoms with Crippen LogP contribution in [-0.4, -0.2) is 30.4 Å². The summed E-state index contributed by atoms with van der Waals surface area (Å²) in [7, 11) is 0. The second-order valence-electron chi connectivity index (χ2n) is 3.50. The molecule has 1 aromatic carbocycles. The molecule has 4 nitrogen and oxygen atoms in total. The van der Waals surface area contributed by atoms with Gasteiger partial charge in [-0.3, -0.25) is 0 Å². The Kier molecular flexibility index (Phi) is 6.07. The lowest BCUT2D eigenvalue weighted by atomic mass is 10.2. The molecule has 0 saturated carbocycles. The molecule has 0 heterocycles. The number of benzene rings is 1. The normalized spacial score (nSPS) is 12.2. The van der Waals surface area contributed by atoms with E-state index in [-0.39, 0.29) is 13.0 Å². The summed E-state index contributed by atoms with van der Waals surface area (Å²) >= 11 is 3.03. The molecule has 0 aromatic heterocycles. The number of hydrogen-bond donors (Lipinski definition) is 1. The van der Waals surface area contributed by atoms with Gasteiger partial charge in [0, 0.05) is 19.1 Å². The van der Waals surface area contributed by atoms with Gasteiger partial charge in [0.25, 0.3) is 0 Å². The van der Waals surface area contributed by atoms with Crippen LogP contribution >= 0.6 is 15.9 Å². The summed E-state index contributed by atoms with van der Waals surface area (Å²) in [6.45, 7) is 2.20. The van der Waals surface area contributed by atoms with Crippen molar-refractivity contribution in [1.29, 1.82) is 0 Å². The molecule has 1 N–H and O–H groups in total. The zero-order chi connectivity index (χ0) is 13.5. The quantitative estimate of drug-likeness (QED) is 0.839. The van der Waals surface area contributed by atoms with E-state index < -0.39 is 17.9 Å². The van der Waals surface area contributed by atoms with Gasteiger partial charge in [0.1, 0.15) is 11.6 Å². The van der Waals surface area contributed by atoms with Crippen molar-refractivity contribution in [2.45, 2.75) is 19.4 Å². The van der Waals surface area contributed by atoms with E-state index in [1.807, 2.05) is 0 Å². The van der Waals surface area contributed by atoms with Gasteiger partial charge in [-0.25, -0.2) is 9.18 Å². The molecule has 0 aliphatic rings. The molecular weight excluding hydrogens is 307 g/mol. The molecule has 0 aliphatic carbocycles. The van der Waals surface area contributed by atoms with Gasteiger partial charge in [0.05, 0.1) is 11.1 Å². The topological polar surface area (TPSA) is 55.8 Å². The molecular formula is C12H14BrFO4. The minimum atomic E-state index is -1.03. The molecule has 0 bridgehead atoms. The summed E-state index contributed by atoms with van der Waals surface area (Å²) in [5.41, 5.74) is 0. The third-order valence-corrected chi connectivity index (χ3v) is 2.83. The van der Waals surface area contributed by atoms with E-state index in [1.165, 1.54) is 12.1 Å².